The highest BCUT2D eigenvalue weighted by molar-refractivity contribution is 7.99. The van der Waals surface area contributed by atoms with Gasteiger partial charge in [0.05, 0.1) is 16.3 Å². The Labute approximate surface area is 116 Å². The quantitative estimate of drug-likeness (QED) is 0.748. The number of carboxylic acids is 1. The number of carboxylic acid groups (broad SMARTS) is 1. The summed E-state index contributed by atoms with van der Waals surface area (Å²) in [5, 5.41) is 12.2. The Bertz CT molecular complexity index is 432. The molecule has 0 aliphatic heterocycles. The molecule has 0 saturated carbocycles. The molecule has 0 aliphatic carbocycles. The van der Waals surface area contributed by atoms with Crippen molar-refractivity contribution in [2.45, 2.75) is 25.3 Å². The highest BCUT2D eigenvalue weighted by atomic mass is 32.2. The van der Waals surface area contributed by atoms with Crippen LogP contribution in [-0.2, 0) is 4.79 Å². The summed E-state index contributed by atoms with van der Waals surface area (Å²) in [6.45, 7) is 4.89. The molecule has 1 rings (SSSR count). The summed E-state index contributed by atoms with van der Waals surface area (Å²) in [7, 11) is 0. The van der Waals surface area contributed by atoms with Crippen molar-refractivity contribution in [1.29, 1.82) is 0 Å². The molecule has 1 heterocycles. The van der Waals surface area contributed by atoms with Gasteiger partial charge in [0, 0.05) is 12.7 Å². The van der Waals surface area contributed by atoms with E-state index in [1.54, 1.807) is 6.07 Å². The molecule has 2 N–H and O–H groups in total. The van der Waals surface area contributed by atoms with Crippen LogP contribution in [0.2, 0.25) is 0 Å². The topological polar surface area (TPSA) is 79.3 Å². The van der Waals surface area contributed by atoms with E-state index in [2.05, 4.69) is 24.1 Å². The van der Waals surface area contributed by atoms with Gasteiger partial charge in [-0.25, -0.2) is 9.78 Å². The molecule has 0 aromatic carbocycles. The zero-order valence-corrected chi connectivity index (χ0v) is 11.9. The van der Waals surface area contributed by atoms with Gasteiger partial charge in [0.25, 0.3) is 0 Å². The summed E-state index contributed by atoms with van der Waals surface area (Å²) in [4.78, 5) is 26.1. The Hall–Kier alpha value is -1.56. The molecule has 0 aliphatic rings. The first kappa shape index (κ1) is 15.5. The Kier molecular flexibility index (Phi) is 6.35. The summed E-state index contributed by atoms with van der Waals surface area (Å²) in [5.74, 6) is -0.180. The maximum absolute atomic E-state index is 11.5. The van der Waals surface area contributed by atoms with Gasteiger partial charge in [-0.3, -0.25) is 4.79 Å². The predicted octanol–water partition coefficient (Wildman–Crippen LogP) is 2.03. The van der Waals surface area contributed by atoms with Gasteiger partial charge in [0.15, 0.2) is 0 Å². The monoisotopic (exact) mass is 282 g/mol. The highest BCUT2D eigenvalue weighted by Crippen LogP contribution is 2.14. The molecule has 5 nitrogen and oxygen atoms in total. The normalized spacial score (nSPS) is 10.5. The van der Waals surface area contributed by atoms with Gasteiger partial charge in [-0.2, -0.15) is 0 Å². The number of carbonyl (C=O) groups excluding carboxylic acids is 1. The highest BCUT2D eigenvalue weighted by Gasteiger charge is 2.06. The number of nitrogens with one attached hydrogen (secondary N) is 1. The molecule has 0 atom stereocenters. The fraction of sp³-hybridized carbons (Fsp3) is 0.462. The third-order valence-electron chi connectivity index (χ3n) is 2.38. The molecular formula is C13H18N2O3S. The summed E-state index contributed by atoms with van der Waals surface area (Å²) in [5.41, 5.74) is 0.144. The number of pyridine rings is 1. The smallest absolute Gasteiger partial charge is 0.337 e. The maximum Gasteiger partial charge on any atom is 0.337 e. The number of aromatic carboxylic acids is 1. The van der Waals surface area contributed by atoms with E-state index in [-0.39, 0.29) is 17.2 Å². The molecule has 0 bridgehead atoms. The average Bonchev–Trinajstić information content (AvgIpc) is 2.36. The van der Waals surface area contributed by atoms with Crippen LogP contribution < -0.4 is 5.32 Å². The van der Waals surface area contributed by atoms with E-state index in [4.69, 9.17) is 5.11 Å². The van der Waals surface area contributed by atoms with Crippen molar-refractivity contribution in [2.24, 2.45) is 5.92 Å². The minimum absolute atomic E-state index is 0.0326. The first-order chi connectivity index (χ1) is 8.99. The van der Waals surface area contributed by atoms with Crippen molar-refractivity contribution >= 4 is 23.6 Å². The Morgan fingerprint density at radius 3 is 2.68 bits per heavy atom. The lowest BCUT2D eigenvalue weighted by Gasteiger charge is -2.06. The summed E-state index contributed by atoms with van der Waals surface area (Å²) >= 11 is 1.29. The van der Waals surface area contributed by atoms with Gasteiger partial charge in [-0.15, -0.1) is 0 Å². The molecule has 1 aromatic rings. The largest absolute Gasteiger partial charge is 0.478 e. The standard InChI is InChI=1S/C13H18N2O3S/c1-9(2)5-6-14-11(16)8-19-12-4-3-10(7-15-12)13(17)18/h3-4,7,9H,5-6,8H2,1-2H3,(H,14,16)(H,17,18). The van der Waals surface area contributed by atoms with Crippen molar-refractivity contribution in [2.75, 3.05) is 12.3 Å². The second kappa shape index (κ2) is 7.78. The van der Waals surface area contributed by atoms with Crippen molar-refractivity contribution in [3.05, 3.63) is 23.9 Å². The number of thioether (sulfide) groups is 1. The number of aromatic nitrogens is 1. The Balaban J connectivity index is 2.32. The van der Waals surface area contributed by atoms with E-state index >= 15 is 0 Å². The molecule has 0 unspecified atom stereocenters. The van der Waals surface area contributed by atoms with Crippen LogP contribution in [0.3, 0.4) is 0 Å². The van der Waals surface area contributed by atoms with Crippen molar-refractivity contribution in [3.8, 4) is 0 Å². The summed E-state index contributed by atoms with van der Waals surface area (Å²) in [6.07, 6.45) is 2.25. The average molecular weight is 282 g/mol. The lowest BCUT2D eigenvalue weighted by molar-refractivity contribution is -0.118. The van der Waals surface area contributed by atoms with Crippen LogP contribution in [0.5, 0.6) is 0 Å². The predicted molar refractivity (Wildman–Crippen MR) is 74.4 cm³/mol. The van der Waals surface area contributed by atoms with Crippen LogP contribution in [0.15, 0.2) is 23.4 Å². The number of hydrogen-bond acceptors (Lipinski definition) is 4. The minimum atomic E-state index is -1.00. The van der Waals surface area contributed by atoms with Crippen LogP contribution >= 0.6 is 11.8 Å². The van der Waals surface area contributed by atoms with Crippen molar-refractivity contribution < 1.29 is 14.7 Å². The molecule has 0 spiro atoms. The van der Waals surface area contributed by atoms with E-state index in [1.165, 1.54) is 24.0 Å². The summed E-state index contributed by atoms with van der Waals surface area (Å²) < 4.78 is 0. The second-order valence-corrected chi connectivity index (χ2v) is 5.51. The molecule has 0 saturated heterocycles. The lowest BCUT2D eigenvalue weighted by atomic mass is 10.1. The van der Waals surface area contributed by atoms with Crippen molar-refractivity contribution in [1.82, 2.24) is 10.3 Å². The van der Waals surface area contributed by atoms with Gasteiger partial charge in [-0.05, 0) is 24.5 Å². The molecule has 1 amide bonds. The van der Waals surface area contributed by atoms with E-state index in [1.807, 2.05) is 0 Å². The van der Waals surface area contributed by atoms with Gasteiger partial charge in [0.2, 0.25) is 5.91 Å². The minimum Gasteiger partial charge on any atom is -0.478 e. The van der Waals surface area contributed by atoms with Crippen molar-refractivity contribution in [3.63, 3.8) is 0 Å². The SMILES string of the molecule is CC(C)CCNC(=O)CSc1ccc(C(=O)O)cn1. The van der Waals surface area contributed by atoms with E-state index in [0.717, 1.165) is 6.42 Å². The van der Waals surface area contributed by atoms with Crippen LogP contribution in [0.1, 0.15) is 30.6 Å². The Morgan fingerprint density at radius 1 is 1.42 bits per heavy atom. The van der Waals surface area contributed by atoms with Gasteiger partial charge >= 0.3 is 5.97 Å². The fourth-order valence-electron chi connectivity index (χ4n) is 1.28. The molecule has 19 heavy (non-hydrogen) atoms. The molecule has 0 fully saturated rings. The molecular weight excluding hydrogens is 264 g/mol. The van der Waals surface area contributed by atoms with Gasteiger partial charge in [-0.1, -0.05) is 25.6 Å². The van der Waals surface area contributed by atoms with E-state index in [9.17, 15) is 9.59 Å². The number of hydrogen-bond donors (Lipinski definition) is 2. The first-order valence-electron chi connectivity index (χ1n) is 6.08. The first-order valence-corrected chi connectivity index (χ1v) is 7.06. The van der Waals surface area contributed by atoms with Crippen LogP contribution in [-0.4, -0.2) is 34.3 Å². The third-order valence-corrected chi connectivity index (χ3v) is 3.32. The van der Waals surface area contributed by atoms with Gasteiger partial charge in [0.1, 0.15) is 0 Å². The second-order valence-electron chi connectivity index (χ2n) is 4.51. The molecule has 1 aromatic heterocycles. The lowest BCUT2D eigenvalue weighted by Crippen LogP contribution is -2.26. The maximum atomic E-state index is 11.5. The number of carbonyl (C=O) groups is 2. The van der Waals surface area contributed by atoms with Gasteiger partial charge < -0.3 is 10.4 Å². The zero-order chi connectivity index (χ0) is 14.3. The number of amides is 1. The van der Waals surface area contributed by atoms with Crippen LogP contribution in [0.4, 0.5) is 0 Å². The number of nitrogens with zero attached hydrogens (tertiary/aromatic N) is 1. The fourth-order valence-corrected chi connectivity index (χ4v) is 1.96. The Morgan fingerprint density at radius 2 is 2.16 bits per heavy atom. The number of rotatable bonds is 7. The zero-order valence-electron chi connectivity index (χ0n) is 11.0. The molecule has 0 radical (unpaired) electrons. The van der Waals surface area contributed by atoms with Crippen LogP contribution in [0.25, 0.3) is 0 Å². The molecule has 104 valence electrons. The molecule has 6 heteroatoms. The third kappa shape index (κ3) is 6.24. The van der Waals surface area contributed by atoms with E-state index in [0.29, 0.717) is 17.5 Å². The summed E-state index contributed by atoms with van der Waals surface area (Å²) in [6, 6.07) is 3.09. The van der Waals surface area contributed by atoms with E-state index < -0.39 is 5.97 Å². The van der Waals surface area contributed by atoms with Crippen LogP contribution in [0, 0.1) is 5.92 Å².